The summed E-state index contributed by atoms with van der Waals surface area (Å²) in [5, 5.41) is 2.96. The van der Waals surface area contributed by atoms with Crippen molar-refractivity contribution in [3.63, 3.8) is 0 Å². The van der Waals surface area contributed by atoms with E-state index in [2.05, 4.69) is 34.5 Å². The fraction of sp³-hybridized carbons (Fsp3) is 0.480. The summed E-state index contributed by atoms with van der Waals surface area (Å²) in [6, 6.07) is 13.7. The Bertz CT molecular complexity index is 1110. The highest BCUT2D eigenvalue weighted by Gasteiger charge is 2.21. The molecule has 2 aromatic carbocycles. The highest BCUT2D eigenvalue weighted by molar-refractivity contribution is 7.92. The van der Waals surface area contributed by atoms with Gasteiger partial charge < -0.3 is 14.8 Å². The first-order valence-electron chi connectivity index (χ1n) is 11.8. The van der Waals surface area contributed by atoms with E-state index in [4.69, 9.17) is 9.47 Å². The first-order valence-corrected chi connectivity index (χ1v) is 13.7. The molecule has 2 heterocycles. The Labute approximate surface area is 201 Å². The number of carbonyl (C=O) groups excluding carboxylic acids is 1. The van der Waals surface area contributed by atoms with Crippen LogP contribution in [0.25, 0.3) is 0 Å². The second-order valence-corrected chi connectivity index (χ2v) is 10.7. The lowest BCUT2D eigenvalue weighted by molar-refractivity contribution is -0.121. The normalized spacial score (nSPS) is 15.4. The highest BCUT2D eigenvalue weighted by Crippen LogP contribution is 2.34. The van der Waals surface area contributed by atoms with Gasteiger partial charge in [-0.15, -0.1) is 0 Å². The molecule has 34 heavy (non-hydrogen) atoms. The fourth-order valence-electron chi connectivity index (χ4n) is 4.42. The molecule has 2 aliphatic heterocycles. The number of sulfonamides is 1. The third-order valence-corrected chi connectivity index (χ3v) is 7.36. The Morgan fingerprint density at radius 2 is 1.82 bits per heavy atom. The topological polar surface area (TPSA) is 88.2 Å². The minimum atomic E-state index is -3.50. The van der Waals surface area contributed by atoms with Gasteiger partial charge in [0, 0.05) is 45.2 Å². The van der Waals surface area contributed by atoms with Crippen molar-refractivity contribution < 1.29 is 22.7 Å². The Morgan fingerprint density at radius 1 is 1.06 bits per heavy atom. The van der Waals surface area contributed by atoms with E-state index in [9.17, 15) is 13.2 Å². The van der Waals surface area contributed by atoms with Crippen LogP contribution in [0, 0.1) is 0 Å². The van der Waals surface area contributed by atoms with Crippen LogP contribution in [-0.2, 0) is 27.8 Å². The summed E-state index contributed by atoms with van der Waals surface area (Å²) >= 11 is 0. The number of fused-ring (bicyclic) bond motifs is 2. The van der Waals surface area contributed by atoms with Crippen LogP contribution >= 0.6 is 0 Å². The van der Waals surface area contributed by atoms with E-state index in [0.29, 0.717) is 43.4 Å². The van der Waals surface area contributed by atoms with E-state index in [1.54, 1.807) is 18.2 Å². The van der Waals surface area contributed by atoms with Crippen molar-refractivity contribution in [1.82, 2.24) is 10.2 Å². The molecule has 0 saturated carbocycles. The van der Waals surface area contributed by atoms with Crippen LogP contribution in [0.5, 0.6) is 11.5 Å². The van der Waals surface area contributed by atoms with Gasteiger partial charge in [-0.25, -0.2) is 8.42 Å². The largest absolute Gasteiger partial charge is 0.486 e. The second-order valence-electron chi connectivity index (χ2n) is 8.77. The molecule has 0 spiro atoms. The molecule has 2 aliphatic rings. The summed E-state index contributed by atoms with van der Waals surface area (Å²) in [6.45, 7) is 4.70. The van der Waals surface area contributed by atoms with Crippen LogP contribution in [0.1, 0.15) is 30.4 Å². The molecule has 184 valence electrons. The summed E-state index contributed by atoms with van der Waals surface area (Å²) in [7, 11) is -3.50. The zero-order chi connectivity index (χ0) is 24.0. The molecular formula is C25H33N3O5S. The lowest BCUT2D eigenvalue weighted by Gasteiger charge is -2.28. The van der Waals surface area contributed by atoms with E-state index >= 15 is 0 Å². The third kappa shape index (κ3) is 6.42. The minimum Gasteiger partial charge on any atom is -0.486 e. The monoisotopic (exact) mass is 487 g/mol. The summed E-state index contributed by atoms with van der Waals surface area (Å²) < 4.78 is 37.1. The molecule has 0 saturated heterocycles. The van der Waals surface area contributed by atoms with E-state index in [1.165, 1.54) is 21.7 Å². The highest BCUT2D eigenvalue weighted by atomic mass is 32.2. The van der Waals surface area contributed by atoms with Crippen molar-refractivity contribution >= 4 is 21.6 Å². The molecule has 1 N–H and O–H groups in total. The predicted octanol–water partition coefficient (Wildman–Crippen LogP) is 2.57. The van der Waals surface area contributed by atoms with Gasteiger partial charge in [-0.05, 0) is 42.5 Å². The number of nitrogens with zero attached hydrogens (tertiary/aromatic N) is 2. The van der Waals surface area contributed by atoms with Crippen molar-refractivity contribution in [2.75, 3.05) is 50.0 Å². The molecule has 0 atom stereocenters. The summed E-state index contributed by atoms with van der Waals surface area (Å²) in [4.78, 5) is 14.7. The van der Waals surface area contributed by atoms with E-state index in [-0.39, 0.29) is 18.9 Å². The Balaban J connectivity index is 1.19. The number of ether oxygens (including phenoxy) is 2. The molecule has 1 amide bonds. The van der Waals surface area contributed by atoms with Gasteiger partial charge in [-0.1, -0.05) is 24.3 Å². The molecule has 0 aliphatic carbocycles. The van der Waals surface area contributed by atoms with Crippen LogP contribution in [0.3, 0.4) is 0 Å². The van der Waals surface area contributed by atoms with Crippen LogP contribution < -0.4 is 19.1 Å². The van der Waals surface area contributed by atoms with Crippen molar-refractivity contribution in [1.29, 1.82) is 0 Å². The summed E-state index contributed by atoms with van der Waals surface area (Å²) in [6.07, 6.45) is 3.83. The third-order valence-electron chi connectivity index (χ3n) is 6.16. The molecule has 0 fully saturated rings. The lowest BCUT2D eigenvalue weighted by Crippen LogP contribution is -2.34. The number of hydrogen-bond acceptors (Lipinski definition) is 6. The molecule has 9 heteroatoms. The molecule has 8 nitrogen and oxygen atoms in total. The molecule has 0 unspecified atom stereocenters. The second kappa shape index (κ2) is 11.1. The Kier molecular flexibility index (Phi) is 7.95. The maximum absolute atomic E-state index is 12.4. The van der Waals surface area contributed by atoms with Crippen molar-refractivity contribution in [2.45, 2.75) is 32.2 Å². The van der Waals surface area contributed by atoms with Gasteiger partial charge in [0.05, 0.1) is 11.9 Å². The molecule has 0 radical (unpaired) electrons. The van der Waals surface area contributed by atoms with Crippen LogP contribution in [-0.4, -0.2) is 64.9 Å². The number of nitrogens with one attached hydrogen (secondary N) is 1. The van der Waals surface area contributed by atoms with Crippen molar-refractivity contribution in [2.24, 2.45) is 0 Å². The Hall–Kier alpha value is -2.78. The first kappa shape index (κ1) is 24.3. The number of rotatable bonds is 10. The summed E-state index contributed by atoms with van der Waals surface area (Å²) in [5.74, 6) is 1.09. The van der Waals surface area contributed by atoms with Gasteiger partial charge in [0.15, 0.2) is 11.5 Å². The van der Waals surface area contributed by atoms with E-state index < -0.39 is 10.0 Å². The fourth-order valence-corrected chi connectivity index (χ4v) is 5.38. The SMILES string of the molecule is CS(=O)(=O)N(CCCC(=O)NCCCN1CCc2ccccc2C1)c1ccc2c(c1)OCCO2. The molecule has 2 aromatic rings. The number of benzene rings is 2. The first-order chi connectivity index (χ1) is 16.4. The number of hydrogen-bond donors (Lipinski definition) is 1. The number of carbonyl (C=O) groups is 1. The predicted molar refractivity (Wildman–Crippen MR) is 132 cm³/mol. The lowest BCUT2D eigenvalue weighted by atomic mass is 10.00. The molecular weight excluding hydrogens is 454 g/mol. The van der Waals surface area contributed by atoms with Gasteiger partial charge in [-0.3, -0.25) is 14.0 Å². The molecule has 0 bridgehead atoms. The maximum atomic E-state index is 12.4. The van der Waals surface area contributed by atoms with Crippen LogP contribution in [0.15, 0.2) is 42.5 Å². The quantitative estimate of drug-likeness (QED) is 0.519. The Morgan fingerprint density at radius 3 is 2.62 bits per heavy atom. The minimum absolute atomic E-state index is 0.0559. The van der Waals surface area contributed by atoms with E-state index in [0.717, 1.165) is 32.5 Å². The van der Waals surface area contributed by atoms with Gasteiger partial charge in [0.1, 0.15) is 13.2 Å². The average molecular weight is 488 g/mol. The number of anilines is 1. The van der Waals surface area contributed by atoms with E-state index in [1.807, 2.05) is 0 Å². The van der Waals surface area contributed by atoms with Crippen molar-refractivity contribution in [3.05, 3.63) is 53.6 Å². The van der Waals surface area contributed by atoms with Gasteiger partial charge >= 0.3 is 0 Å². The van der Waals surface area contributed by atoms with Crippen LogP contribution in [0.2, 0.25) is 0 Å². The van der Waals surface area contributed by atoms with Gasteiger partial charge in [-0.2, -0.15) is 0 Å². The van der Waals surface area contributed by atoms with Crippen molar-refractivity contribution in [3.8, 4) is 11.5 Å². The molecule has 0 aromatic heterocycles. The molecule has 4 rings (SSSR count). The van der Waals surface area contributed by atoms with Crippen LogP contribution in [0.4, 0.5) is 5.69 Å². The summed E-state index contributed by atoms with van der Waals surface area (Å²) in [5.41, 5.74) is 3.34. The maximum Gasteiger partial charge on any atom is 0.232 e. The zero-order valence-electron chi connectivity index (χ0n) is 19.7. The smallest absolute Gasteiger partial charge is 0.232 e. The van der Waals surface area contributed by atoms with Gasteiger partial charge in [0.25, 0.3) is 0 Å². The average Bonchev–Trinajstić information content (AvgIpc) is 2.83. The zero-order valence-corrected chi connectivity index (χ0v) is 20.5. The van der Waals surface area contributed by atoms with Gasteiger partial charge in [0.2, 0.25) is 15.9 Å². The number of amides is 1. The standard InChI is InChI=1S/C25H33N3O5S/c1-34(30,31)28(22-9-10-23-24(18-22)33-17-16-32-23)14-4-8-25(29)26-12-5-13-27-15-11-20-6-2-3-7-21(20)19-27/h2-3,6-7,9-10,18H,4-5,8,11-17,19H2,1H3,(H,26,29).